The molecule has 1 aromatic heterocycles. The highest BCUT2D eigenvalue weighted by molar-refractivity contribution is 7.90. The third-order valence-electron chi connectivity index (χ3n) is 5.15. The van der Waals surface area contributed by atoms with Gasteiger partial charge in [0.1, 0.15) is 11.9 Å². The number of esters is 2. The quantitative estimate of drug-likeness (QED) is 0.461. The Hall–Kier alpha value is -3.47. The molecule has 1 aromatic carbocycles. The number of aromatic amines is 1. The first kappa shape index (κ1) is 24.2. The molecule has 0 bridgehead atoms. The monoisotopic (exact) mass is 475 g/mol. The summed E-state index contributed by atoms with van der Waals surface area (Å²) in [6.45, 7) is 7.97. The summed E-state index contributed by atoms with van der Waals surface area (Å²) >= 11 is 0. The lowest BCUT2D eigenvalue weighted by molar-refractivity contribution is -0.147. The van der Waals surface area contributed by atoms with Gasteiger partial charge in [-0.25, -0.2) is 18.0 Å². The van der Waals surface area contributed by atoms with Crippen molar-refractivity contribution < 1.29 is 32.3 Å². The van der Waals surface area contributed by atoms with E-state index in [0.29, 0.717) is 16.8 Å². The van der Waals surface area contributed by atoms with Crippen LogP contribution in [0.4, 0.5) is 0 Å². The molecule has 3 rings (SSSR count). The Morgan fingerprint density at radius 3 is 2.45 bits per heavy atom. The van der Waals surface area contributed by atoms with Crippen molar-refractivity contribution in [3.63, 3.8) is 0 Å². The second kappa shape index (κ2) is 9.18. The van der Waals surface area contributed by atoms with Crippen molar-refractivity contribution in [2.75, 3.05) is 6.61 Å². The number of benzene rings is 1. The van der Waals surface area contributed by atoms with E-state index < -0.39 is 39.9 Å². The van der Waals surface area contributed by atoms with Gasteiger partial charge in [0.25, 0.3) is 10.0 Å². The second-order valence-corrected chi connectivity index (χ2v) is 9.19. The number of H-pyrrole nitrogens is 1. The summed E-state index contributed by atoms with van der Waals surface area (Å²) in [5, 5.41) is 0. The number of carbonyl (C=O) groups is 3. The van der Waals surface area contributed by atoms with E-state index in [1.54, 1.807) is 39.0 Å². The topological polar surface area (TPSA) is 144 Å². The van der Waals surface area contributed by atoms with Gasteiger partial charge in [-0.15, -0.1) is 0 Å². The number of Topliss-reactive ketones (excluding diaryl/α,β-unsaturated/α-hetero) is 1. The third kappa shape index (κ3) is 4.68. The molecule has 33 heavy (non-hydrogen) atoms. The summed E-state index contributed by atoms with van der Waals surface area (Å²) in [6, 6.07) is 5.18. The molecule has 0 aliphatic carbocycles. The number of aromatic nitrogens is 1. The molecule has 0 saturated heterocycles. The zero-order chi connectivity index (χ0) is 24.5. The first-order valence-corrected chi connectivity index (χ1v) is 11.8. The molecule has 2 atom stereocenters. The van der Waals surface area contributed by atoms with Crippen LogP contribution in [0.2, 0.25) is 0 Å². The number of nitrogens with one attached hydrogen (secondary N) is 2. The average molecular weight is 476 g/mol. The van der Waals surface area contributed by atoms with Crippen molar-refractivity contribution in [2.24, 2.45) is 4.99 Å². The van der Waals surface area contributed by atoms with Crippen LogP contribution in [-0.2, 0) is 24.3 Å². The van der Waals surface area contributed by atoms with E-state index in [1.807, 2.05) is 0 Å². The van der Waals surface area contributed by atoms with Crippen molar-refractivity contribution in [1.82, 2.24) is 9.71 Å². The van der Waals surface area contributed by atoms with Gasteiger partial charge in [0.15, 0.2) is 6.10 Å². The van der Waals surface area contributed by atoms with Crippen LogP contribution < -0.4 is 4.72 Å². The Morgan fingerprint density at radius 1 is 1.12 bits per heavy atom. The van der Waals surface area contributed by atoms with Crippen molar-refractivity contribution >= 4 is 33.6 Å². The largest absolute Gasteiger partial charge is 0.462 e. The lowest BCUT2D eigenvalue weighted by atomic mass is 10.1. The number of sulfonamides is 1. The number of aliphatic imine (C=N–C) groups is 1. The fourth-order valence-corrected chi connectivity index (χ4v) is 4.75. The molecule has 1 unspecified atom stereocenters. The summed E-state index contributed by atoms with van der Waals surface area (Å²) in [6.07, 6.45) is -1.17. The summed E-state index contributed by atoms with van der Waals surface area (Å²) in [4.78, 5) is 44.7. The van der Waals surface area contributed by atoms with Gasteiger partial charge in [-0.1, -0.05) is 12.1 Å². The predicted molar refractivity (Wildman–Crippen MR) is 119 cm³/mol. The van der Waals surface area contributed by atoms with E-state index >= 15 is 0 Å². The minimum absolute atomic E-state index is 0.0314. The van der Waals surface area contributed by atoms with Crippen molar-refractivity contribution in [3.05, 3.63) is 52.3 Å². The molecule has 11 heteroatoms. The molecule has 0 radical (unpaired) electrons. The Balaban J connectivity index is 1.75. The van der Waals surface area contributed by atoms with Gasteiger partial charge in [0.05, 0.1) is 22.8 Å². The zero-order valence-corrected chi connectivity index (χ0v) is 19.7. The normalized spacial score (nSPS) is 17.1. The minimum Gasteiger partial charge on any atom is -0.462 e. The molecular formula is C22H25N3O7S. The molecular weight excluding hydrogens is 450 g/mol. The molecule has 1 aliphatic rings. The van der Waals surface area contributed by atoms with Crippen molar-refractivity contribution in [1.29, 1.82) is 0 Å². The molecule has 2 aromatic rings. The fraction of sp³-hybridized carbons (Fsp3) is 0.364. The van der Waals surface area contributed by atoms with Crippen molar-refractivity contribution in [2.45, 2.75) is 51.7 Å². The van der Waals surface area contributed by atoms with Gasteiger partial charge >= 0.3 is 11.9 Å². The lowest BCUT2D eigenvalue weighted by Crippen LogP contribution is -2.31. The number of hydrogen-bond donors (Lipinski definition) is 2. The van der Waals surface area contributed by atoms with Gasteiger partial charge in [-0.05, 0) is 52.3 Å². The maximum Gasteiger partial charge on any atom is 0.340 e. The fourth-order valence-electron chi connectivity index (χ4n) is 3.51. The molecule has 2 heterocycles. The van der Waals surface area contributed by atoms with Crippen LogP contribution >= 0.6 is 0 Å². The summed E-state index contributed by atoms with van der Waals surface area (Å²) in [7, 11) is -3.75. The molecule has 2 N–H and O–H groups in total. The second-order valence-electron chi connectivity index (χ2n) is 7.54. The van der Waals surface area contributed by atoms with Crippen LogP contribution in [0.25, 0.3) is 0 Å². The molecule has 0 fully saturated rings. The van der Waals surface area contributed by atoms with Crippen LogP contribution in [0.5, 0.6) is 0 Å². The van der Waals surface area contributed by atoms with Crippen LogP contribution in [0, 0.1) is 13.8 Å². The molecule has 0 saturated carbocycles. The number of hydrogen-bond acceptors (Lipinski definition) is 8. The highest BCUT2D eigenvalue weighted by Gasteiger charge is 2.32. The van der Waals surface area contributed by atoms with E-state index in [0.717, 1.165) is 0 Å². The third-order valence-corrected chi connectivity index (χ3v) is 6.55. The van der Waals surface area contributed by atoms with Gasteiger partial charge < -0.3 is 14.5 Å². The van der Waals surface area contributed by atoms with E-state index in [-0.39, 0.29) is 28.6 Å². The smallest absolute Gasteiger partial charge is 0.340 e. The highest BCUT2D eigenvalue weighted by atomic mass is 32.2. The number of ether oxygens (including phenoxy) is 2. The Labute approximate surface area is 191 Å². The van der Waals surface area contributed by atoms with Gasteiger partial charge in [-0.3, -0.25) is 14.5 Å². The molecule has 0 spiro atoms. The lowest BCUT2D eigenvalue weighted by Gasteiger charge is -2.14. The predicted octanol–water partition coefficient (Wildman–Crippen LogP) is 2.05. The first-order chi connectivity index (χ1) is 15.5. The Kier molecular flexibility index (Phi) is 6.73. The van der Waals surface area contributed by atoms with Gasteiger partial charge in [-0.2, -0.15) is 0 Å². The first-order valence-electron chi connectivity index (χ1n) is 10.3. The maximum absolute atomic E-state index is 12.9. The highest BCUT2D eigenvalue weighted by Crippen LogP contribution is 2.23. The molecule has 176 valence electrons. The number of amidine groups is 1. The Bertz CT molecular complexity index is 1260. The number of nitrogens with zero attached hydrogens (tertiary/aromatic N) is 1. The summed E-state index contributed by atoms with van der Waals surface area (Å²) in [5.74, 6) is -1.84. The number of fused-ring (bicyclic) bond motifs is 1. The number of ketones is 1. The number of aryl methyl sites for hydroxylation is 1. The van der Waals surface area contributed by atoms with Crippen LogP contribution in [0.3, 0.4) is 0 Å². The van der Waals surface area contributed by atoms with E-state index in [9.17, 15) is 22.8 Å². The summed E-state index contributed by atoms with van der Waals surface area (Å²) < 4.78 is 37.0. The number of carbonyl (C=O) groups excluding carboxylic acids is 3. The van der Waals surface area contributed by atoms with Crippen LogP contribution in [0.15, 0.2) is 34.2 Å². The maximum atomic E-state index is 12.9. The van der Waals surface area contributed by atoms with E-state index in [4.69, 9.17) is 9.47 Å². The molecule has 10 nitrogen and oxygen atoms in total. The number of rotatable bonds is 7. The van der Waals surface area contributed by atoms with E-state index in [1.165, 1.54) is 19.9 Å². The van der Waals surface area contributed by atoms with Crippen LogP contribution in [-0.4, -0.2) is 55.7 Å². The molecule has 1 aliphatic heterocycles. The van der Waals surface area contributed by atoms with Gasteiger partial charge in [0, 0.05) is 11.3 Å². The minimum atomic E-state index is -3.75. The Morgan fingerprint density at radius 2 is 1.79 bits per heavy atom. The van der Waals surface area contributed by atoms with Crippen molar-refractivity contribution in [3.8, 4) is 0 Å². The molecule has 0 amide bonds. The van der Waals surface area contributed by atoms with E-state index in [2.05, 4.69) is 14.7 Å². The standard InChI is InChI=1S/C22H25N3O7S/c1-6-31-22(28)17-11(2)18(23-12(17)3)19(26)14(5)32-21(27)13(4)24-20-15-9-7-8-10-16(15)33(29,30)25-20/h7-10,13-14,23H,6H2,1-5H3,(H,24,25)/t13-,14?/m0/s1. The average Bonchev–Trinajstić information content (AvgIpc) is 3.19. The summed E-state index contributed by atoms with van der Waals surface area (Å²) in [5.41, 5.74) is 1.65. The van der Waals surface area contributed by atoms with Gasteiger partial charge in [0.2, 0.25) is 5.78 Å². The zero-order valence-electron chi connectivity index (χ0n) is 18.9. The SMILES string of the molecule is CCOC(=O)c1c(C)[nH]c(C(=O)C(C)OC(=O)[C@H](C)N=C2NS(=O)(=O)c3ccccc32)c1C. The van der Waals surface area contributed by atoms with Crippen LogP contribution in [0.1, 0.15) is 58.4 Å².